The molecule has 0 aliphatic rings. The summed E-state index contributed by atoms with van der Waals surface area (Å²) in [6, 6.07) is 19.2. The van der Waals surface area contributed by atoms with Gasteiger partial charge < -0.3 is 10.2 Å². The van der Waals surface area contributed by atoms with E-state index in [0.29, 0.717) is 12.2 Å². The fourth-order valence-corrected chi connectivity index (χ4v) is 3.33. The number of fused-ring (bicyclic) bond motifs is 1. The van der Waals surface area contributed by atoms with Gasteiger partial charge in [0.2, 0.25) is 11.6 Å². The first-order valence-electron chi connectivity index (χ1n) is 9.41. The number of benzene rings is 2. The lowest BCUT2D eigenvalue weighted by atomic mass is 10.1. The molecule has 0 radical (unpaired) electrons. The van der Waals surface area contributed by atoms with Crippen molar-refractivity contribution in [1.82, 2.24) is 15.0 Å². The Balaban J connectivity index is 1.73. The molecule has 0 fully saturated rings. The number of aryl methyl sites for hydroxylation is 1. The molecule has 8 nitrogen and oxygen atoms in total. The minimum atomic E-state index is -0.452. The lowest BCUT2D eigenvalue weighted by Crippen LogP contribution is -2.20. The Morgan fingerprint density at radius 3 is 2.60 bits per heavy atom. The number of nitrogens with zero attached hydrogens (tertiary/aromatic N) is 5. The number of pyridine rings is 1. The maximum atomic E-state index is 11.9. The van der Waals surface area contributed by atoms with E-state index in [1.165, 1.54) is 6.33 Å². The molecule has 0 aliphatic carbocycles. The van der Waals surface area contributed by atoms with Gasteiger partial charge in [0.05, 0.1) is 10.4 Å². The van der Waals surface area contributed by atoms with E-state index in [9.17, 15) is 10.1 Å². The Bertz CT molecular complexity index is 1210. The zero-order valence-electron chi connectivity index (χ0n) is 16.6. The van der Waals surface area contributed by atoms with Crippen LogP contribution < -0.4 is 10.2 Å². The standard InChI is InChI=1S/C22H20N6O2/c1-15-11-12-17-18(25-15)9-6-10-19(17)26-21-20(28(29)30)22(24-14-23-21)27(2)13-16-7-4-3-5-8-16/h3-12,14H,13H2,1-2H3,(H,23,24,26). The molecule has 0 spiro atoms. The van der Waals surface area contributed by atoms with Crippen LogP contribution in [0.25, 0.3) is 10.9 Å². The molecule has 2 aromatic heterocycles. The van der Waals surface area contributed by atoms with Crippen LogP contribution in [0, 0.1) is 17.0 Å². The third-order valence-electron chi connectivity index (χ3n) is 4.73. The maximum absolute atomic E-state index is 11.9. The highest BCUT2D eigenvalue weighted by molar-refractivity contribution is 5.94. The molecule has 0 amide bonds. The maximum Gasteiger partial charge on any atom is 0.353 e. The smallest absolute Gasteiger partial charge is 0.349 e. The van der Waals surface area contributed by atoms with Gasteiger partial charge in [0.15, 0.2) is 0 Å². The number of anilines is 3. The first kappa shape index (κ1) is 19.3. The van der Waals surface area contributed by atoms with Crippen molar-refractivity contribution in [3.63, 3.8) is 0 Å². The molecular weight excluding hydrogens is 380 g/mol. The van der Waals surface area contributed by atoms with Crippen molar-refractivity contribution in [2.45, 2.75) is 13.5 Å². The van der Waals surface area contributed by atoms with E-state index in [2.05, 4.69) is 20.3 Å². The van der Waals surface area contributed by atoms with E-state index in [-0.39, 0.29) is 17.3 Å². The summed E-state index contributed by atoms with van der Waals surface area (Å²) >= 11 is 0. The molecule has 0 saturated heterocycles. The number of nitro groups is 1. The molecule has 4 aromatic rings. The summed E-state index contributed by atoms with van der Waals surface area (Å²) in [5.41, 5.74) is 3.25. The number of aromatic nitrogens is 3. The molecule has 0 bridgehead atoms. The topological polar surface area (TPSA) is 97.1 Å². The van der Waals surface area contributed by atoms with E-state index < -0.39 is 4.92 Å². The highest BCUT2D eigenvalue weighted by Crippen LogP contribution is 2.35. The molecule has 2 heterocycles. The van der Waals surface area contributed by atoms with Gasteiger partial charge in [0, 0.05) is 30.4 Å². The number of rotatable bonds is 6. The van der Waals surface area contributed by atoms with Crippen LogP contribution in [0.3, 0.4) is 0 Å². The number of hydrogen-bond donors (Lipinski definition) is 1. The summed E-state index contributed by atoms with van der Waals surface area (Å²) in [7, 11) is 1.77. The molecule has 2 aromatic carbocycles. The molecule has 0 aliphatic heterocycles. The summed E-state index contributed by atoms with van der Waals surface area (Å²) in [5.74, 6) is 0.383. The Kier molecular flexibility index (Phi) is 5.21. The average molecular weight is 400 g/mol. The minimum absolute atomic E-state index is 0.137. The van der Waals surface area contributed by atoms with Gasteiger partial charge in [0.25, 0.3) is 0 Å². The van der Waals surface area contributed by atoms with Crippen LogP contribution in [0.15, 0.2) is 67.0 Å². The van der Waals surface area contributed by atoms with Crippen LogP contribution in [0.4, 0.5) is 23.0 Å². The van der Waals surface area contributed by atoms with Crippen molar-refractivity contribution in [3.8, 4) is 0 Å². The van der Waals surface area contributed by atoms with Crippen molar-refractivity contribution < 1.29 is 4.92 Å². The van der Waals surface area contributed by atoms with Crippen LogP contribution >= 0.6 is 0 Å². The second-order valence-electron chi connectivity index (χ2n) is 6.94. The quantitative estimate of drug-likeness (QED) is 0.372. The molecule has 150 valence electrons. The summed E-state index contributed by atoms with van der Waals surface area (Å²) < 4.78 is 0. The normalized spacial score (nSPS) is 10.7. The molecule has 0 atom stereocenters. The second-order valence-corrected chi connectivity index (χ2v) is 6.94. The van der Waals surface area contributed by atoms with Crippen LogP contribution in [-0.4, -0.2) is 26.9 Å². The zero-order chi connectivity index (χ0) is 21.1. The first-order chi connectivity index (χ1) is 14.5. The fraction of sp³-hybridized carbons (Fsp3) is 0.136. The molecular formula is C22H20N6O2. The van der Waals surface area contributed by atoms with E-state index in [4.69, 9.17) is 0 Å². The van der Waals surface area contributed by atoms with Gasteiger partial charge in [-0.3, -0.25) is 15.1 Å². The van der Waals surface area contributed by atoms with Gasteiger partial charge in [-0.2, -0.15) is 0 Å². The van der Waals surface area contributed by atoms with Crippen LogP contribution in [0.2, 0.25) is 0 Å². The largest absolute Gasteiger partial charge is 0.353 e. The van der Waals surface area contributed by atoms with Crippen molar-refractivity contribution in [2.75, 3.05) is 17.3 Å². The van der Waals surface area contributed by atoms with Crippen molar-refractivity contribution in [3.05, 3.63) is 88.4 Å². The van der Waals surface area contributed by atoms with Crippen molar-refractivity contribution >= 4 is 33.9 Å². The summed E-state index contributed by atoms with van der Waals surface area (Å²) in [5, 5.41) is 15.9. The molecule has 0 saturated carbocycles. The van der Waals surface area contributed by atoms with Gasteiger partial charge in [-0.15, -0.1) is 0 Å². The van der Waals surface area contributed by atoms with Gasteiger partial charge in [-0.05, 0) is 36.8 Å². The number of hydrogen-bond acceptors (Lipinski definition) is 7. The Hall–Kier alpha value is -4.07. The van der Waals surface area contributed by atoms with E-state index in [1.54, 1.807) is 11.9 Å². The minimum Gasteiger partial charge on any atom is -0.349 e. The zero-order valence-corrected chi connectivity index (χ0v) is 16.6. The predicted molar refractivity (Wildman–Crippen MR) is 117 cm³/mol. The highest BCUT2D eigenvalue weighted by Gasteiger charge is 2.26. The average Bonchev–Trinajstić information content (AvgIpc) is 2.74. The van der Waals surface area contributed by atoms with Gasteiger partial charge in [-0.25, -0.2) is 9.97 Å². The summed E-state index contributed by atoms with van der Waals surface area (Å²) in [4.78, 5) is 26.1. The summed E-state index contributed by atoms with van der Waals surface area (Å²) in [6.45, 7) is 2.40. The van der Waals surface area contributed by atoms with Crippen LogP contribution in [0.5, 0.6) is 0 Å². The van der Waals surface area contributed by atoms with Crippen LogP contribution in [-0.2, 0) is 6.54 Å². The van der Waals surface area contributed by atoms with E-state index in [1.807, 2.05) is 67.6 Å². The second kappa shape index (κ2) is 8.12. The molecule has 1 N–H and O–H groups in total. The third-order valence-corrected chi connectivity index (χ3v) is 4.73. The van der Waals surface area contributed by atoms with Gasteiger partial charge in [-0.1, -0.05) is 36.4 Å². The van der Waals surface area contributed by atoms with Crippen LogP contribution in [0.1, 0.15) is 11.3 Å². The number of nitrogens with one attached hydrogen (secondary N) is 1. The molecule has 8 heteroatoms. The van der Waals surface area contributed by atoms with Crippen molar-refractivity contribution in [1.29, 1.82) is 0 Å². The van der Waals surface area contributed by atoms with E-state index in [0.717, 1.165) is 22.2 Å². The third kappa shape index (κ3) is 3.88. The summed E-state index contributed by atoms with van der Waals surface area (Å²) in [6.07, 6.45) is 1.33. The van der Waals surface area contributed by atoms with Gasteiger partial charge in [0.1, 0.15) is 6.33 Å². The Morgan fingerprint density at radius 2 is 1.83 bits per heavy atom. The molecule has 4 rings (SSSR count). The van der Waals surface area contributed by atoms with Gasteiger partial charge >= 0.3 is 5.69 Å². The fourth-order valence-electron chi connectivity index (χ4n) is 3.33. The van der Waals surface area contributed by atoms with Crippen molar-refractivity contribution in [2.24, 2.45) is 0 Å². The SMILES string of the molecule is Cc1ccc2c(Nc3ncnc(N(C)Cc4ccccc4)c3[N+](=O)[O-])cccc2n1. The monoisotopic (exact) mass is 400 g/mol. The Morgan fingerprint density at radius 1 is 1.03 bits per heavy atom. The lowest BCUT2D eigenvalue weighted by Gasteiger charge is -2.19. The first-order valence-corrected chi connectivity index (χ1v) is 9.41. The molecule has 0 unspecified atom stereocenters. The lowest BCUT2D eigenvalue weighted by molar-refractivity contribution is -0.383. The van der Waals surface area contributed by atoms with E-state index >= 15 is 0 Å². The Labute approximate surface area is 173 Å². The predicted octanol–water partition coefficient (Wildman–Crippen LogP) is 4.62. The molecule has 30 heavy (non-hydrogen) atoms. The highest BCUT2D eigenvalue weighted by atomic mass is 16.6.